The highest BCUT2D eigenvalue weighted by Gasteiger charge is 2.10. The molecule has 100 valence electrons. The van der Waals surface area contributed by atoms with Gasteiger partial charge in [0.1, 0.15) is 11.6 Å². The van der Waals surface area contributed by atoms with Gasteiger partial charge in [0, 0.05) is 6.04 Å². The van der Waals surface area contributed by atoms with Crippen molar-refractivity contribution in [2.75, 3.05) is 0 Å². The Bertz CT molecular complexity index is 601. The van der Waals surface area contributed by atoms with Crippen molar-refractivity contribution in [2.45, 2.75) is 26.8 Å². The van der Waals surface area contributed by atoms with Crippen molar-refractivity contribution in [3.63, 3.8) is 0 Å². The van der Waals surface area contributed by atoms with Gasteiger partial charge in [-0.2, -0.15) is 5.10 Å². The van der Waals surface area contributed by atoms with Gasteiger partial charge in [-0.15, -0.1) is 0 Å². The van der Waals surface area contributed by atoms with Crippen LogP contribution in [0.15, 0.2) is 30.6 Å². The molecule has 0 atom stereocenters. The van der Waals surface area contributed by atoms with Crippen LogP contribution < -0.4 is 10.5 Å². The Morgan fingerprint density at radius 1 is 1.42 bits per heavy atom. The van der Waals surface area contributed by atoms with Gasteiger partial charge in [0.05, 0.1) is 18.0 Å². The molecule has 5 nitrogen and oxygen atoms in total. The van der Waals surface area contributed by atoms with Gasteiger partial charge in [0.2, 0.25) is 0 Å². The zero-order chi connectivity index (χ0) is 14.0. The number of amidine groups is 1. The number of aromatic nitrogens is 2. The molecular weight excluding hydrogens is 240 g/mol. The number of nitrogens with one attached hydrogen (secondary N) is 1. The van der Waals surface area contributed by atoms with Crippen molar-refractivity contribution in [2.24, 2.45) is 5.73 Å². The number of aryl methyl sites for hydroxylation is 1. The third-order valence-corrected chi connectivity index (χ3v) is 2.76. The highest BCUT2D eigenvalue weighted by Crippen LogP contribution is 2.26. The third kappa shape index (κ3) is 2.93. The predicted molar refractivity (Wildman–Crippen MR) is 74.9 cm³/mol. The average Bonchev–Trinajstić information content (AvgIpc) is 2.77. The minimum atomic E-state index is -0.00810. The van der Waals surface area contributed by atoms with Gasteiger partial charge in [-0.1, -0.05) is 6.07 Å². The minimum absolute atomic E-state index is 0.00810. The van der Waals surface area contributed by atoms with Gasteiger partial charge in [-0.05, 0) is 38.5 Å². The van der Waals surface area contributed by atoms with Gasteiger partial charge in [0.15, 0.2) is 5.75 Å². The fourth-order valence-electron chi connectivity index (χ4n) is 1.72. The molecule has 1 aromatic heterocycles. The molecule has 0 bridgehead atoms. The molecule has 0 saturated heterocycles. The summed E-state index contributed by atoms with van der Waals surface area (Å²) in [6, 6.07) is 5.84. The molecule has 0 amide bonds. The van der Waals surface area contributed by atoms with E-state index in [0.717, 1.165) is 5.56 Å². The van der Waals surface area contributed by atoms with Gasteiger partial charge in [-0.3, -0.25) is 10.1 Å². The maximum atomic E-state index is 7.56. The number of nitrogen functional groups attached to an aromatic ring is 1. The summed E-state index contributed by atoms with van der Waals surface area (Å²) in [6.07, 6.45) is 3.49. The molecule has 0 unspecified atom stereocenters. The number of hydrogen-bond donors (Lipinski definition) is 2. The normalized spacial score (nSPS) is 10.7. The second kappa shape index (κ2) is 5.14. The molecule has 5 heteroatoms. The molecule has 2 rings (SSSR count). The highest BCUT2D eigenvalue weighted by molar-refractivity contribution is 5.97. The first kappa shape index (κ1) is 13.1. The van der Waals surface area contributed by atoms with Gasteiger partial charge < -0.3 is 10.5 Å². The molecule has 0 radical (unpaired) electrons. The SMILES string of the molecule is Cc1ccc(C(=N)N)c(Oc2cnn(C(C)C)c2)c1. The van der Waals surface area contributed by atoms with Crippen LogP contribution in [-0.4, -0.2) is 15.6 Å². The summed E-state index contributed by atoms with van der Waals surface area (Å²) in [5, 5.41) is 11.8. The molecule has 2 aromatic rings. The summed E-state index contributed by atoms with van der Waals surface area (Å²) in [4.78, 5) is 0. The van der Waals surface area contributed by atoms with E-state index in [9.17, 15) is 0 Å². The van der Waals surface area contributed by atoms with Crippen LogP contribution in [0.1, 0.15) is 31.0 Å². The fraction of sp³-hybridized carbons (Fsp3) is 0.286. The molecule has 0 saturated carbocycles. The Morgan fingerprint density at radius 3 is 2.74 bits per heavy atom. The van der Waals surface area contributed by atoms with E-state index in [1.165, 1.54) is 0 Å². The maximum Gasteiger partial charge on any atom is 0.165 e. The standard InChI is InChI=1S/C14H18N4O/c1-9(2)18-8-11(7-17-18)19-13-6-10(3)4-5-12(13)14(15)16/h4-9H,1-3H3,(H3,15,16). The van der Waals surface area contributed by atoms with E-state index >= 15 is 0 Å². The summed E-state index contributed by atoms with van der Waals surface area (Å²) in [7, 11) is 0. The zero-order valence-corrected chi connectivity index (χ0v) is 11.3. The zero-order valence-electron chi connectivity index (χ0n) is 11.3. The van der Waals surface area contributed by atoms with Crippen LogP contribution in [0, 0.1) is 12.3 Å². The Balaban J connectivity index is 2.31. The van der Waals surface area contributed by atoms with E-state index in [0.29, 0.717) is 17.1 Å². The first-order valence-electron chi connectivity index (χ1n) is 6.14. The van der Waals surface area contributed by atoms with Crippen molar-refractivity contribution < 1.29 is 4.74 Å². The number of hydrogen-bond acceptors (Lipinski definition) is 3. The van der Waals surface area contributed by atoms with Gasteiger partial charge in [-0.25, -0.2) is 0 Å². The summed E-state index contributed by atoms with van der Waals surface area (Å²) >= 11 is 0. The first-order chi connectivity index (χ1) is 8.97. The number of nitrogens with zero attached hydrogens (tertiary/aromatic N) is 2. The smallest absolute Gasteiger partial charge is 0.165 e. The quantitative estimate of drug-likeness (QED) is 0.654. The molecule has 19 heavy (non-hydrogen) atoms. The van der Waals surface area contributed by atoms with Crippen molar-refractivity contribution >= 4 is 5.84 Å². The van der Waals surface area contributed by atoms with Crippen LogP contribution in [-0.2, 0) is 0 Å². The fourth-order valence-corrected chi connectivity index (χ4v) is 1.72. The average molecular weight is 258 g/mol. The maximum absolute atomic E-state index is 7.56. The Labute approximate surface area is 112 Å². The number of benzene rings is 1. The lowest BCUT2D eigenvalue weighted by molar-refractivity contribution is 0.475. The van der Waals surface area contributed by atoms with E-state index in [4.69, 9.17) is 15.9 Å². The molecule has 0 aliphatic carbocycles. The molecule has 1 aromatic carbocycles. The van der Waals surface area contributed by atoms with Crippen LogP contribution in [0.5, 0.6) is 11.5 Å². The van der Waals surface area contributed by atoms with Crippen molar-refractivity contribution in [1.29, 1.82) is 5.41 Å². The topological polar surface area (TPSA) is 76.9 Å². The second-order valence-corrected chi connectivity index (χ2v) is 4.77. The van der Waals surface area contributed by atoms with E-state index in [1.807, 2.05) is 43.8 Å². The third-order valence-electron chi connectivity index (χ3n) is 2.76. The molecule has 0 spiro atoms. The second-order valence-electron chi connectivity index (χ2n) is 4.77. The molecule has 1 heterocycles. The van der Waals surface area contributed by atoms with Crippen molar-refractivity contribution in [1.82, 2.24) is 9.78 Å². The summed E-state index contributed by atoms with van der Waals surface area (Å²) in [5.41, 5.74) is 7.19. The van der Waals surface area contributed by atoms with Crippen LogP contribution in [0.3, 0.4) is 0 Å². The van der Waals surface area contributed by atoms with Crippen LogP contribution >= 0.6 is 0 Å². The summed E-state index contributed by atoms with van der Waals surface area (Å²) < 4.78 is 7.60. The van der Waals surface area contributed by atoms with Crippen LogP contribution in [0.4, 0.5) is 0 Å². The monoisotopic (exact) mass is 258 g/mol. The van der Waals surface area contributed by atoms with Crippen molar-refractivity contribution in [3.8, 4) is 11.5 Å². The molecular formula is C14H18N4O. The Morgan fingerprint density at radius 2 is 2.16 bits per heavy atom. The Hall–Kier alpha value is -2.30. The minimum Gasteiger partial charge on any atom is -0.453 e. The molecule has 3 N–H and O–H groups in total. The Kier molecular flexibility index (Phi) is 3.55. The predicted octanol–water partition coefficient (Wildman–Crippen LogP) is 2.85. The molecule has 0 aliphatic heterocycles. The largest absolute Gasteiger partial charge is 0.453 e. The number of ether oxygens (including phenoxy) is 1. The highest BCUT2D eigenvalue weighted by atomic mass is 16.5. The lowest BCUT2D eigenvalue weighted by atomic mass is 10.1. The van der Waals surface area contributed by atoms with Gasteiger partial charge in [0.25, 0.3) is 0 Å². The van der Waals surface area contributed by atoms with Crippen LogP contribution in [0.25, 0.3) is 0 Å². The van der Waals surface area contributed by atoms with Gasteiger partial charge >= 0.3 is 0 Å². The lowest BCUT2D eigenvalue weighted by Gasteiger charge is -2.09. The summed E-state index contributed by atoms with van der Waals surface area (Å²) in [5.74, 6) is 1.21. The van der Waals surface area contributed by atoms with E-state index in [2.05, 4.69) is 5.10 Å². The first-order valence-corrected chi connectivity index (χ1v) is 6.14. The summed E-state index contributed by atoms with van der Waals surface area (Å²) in [6.45, 7) is 6.06. The van der Waals surface area contributed by atoms with E-state index in [1.54, 1.807) is 12.3 Å². The van der Waals surface area contributed by atoms with E-state index < -0.39 is 0 Å². The lowest BCUT2D eigenvalue weighted by Crippen LogP contribution is -2.12. The number of nitrogens with two attached hydrogens (primary N) is 1. The van der Waals surface area contributed by atoms with Crippen molar-refractivity contribution in [3.05, 3.63) is 41.7 Å². The van der Waals surface area contributed by atoms with Crippen LogP contribution in [0.2, 0.25) is 0 Å². The molecule has 0 aliphatic rings. The molecule has 0 fully saturated rings. The van der Waals surface area contributed by atoms with E-state index in [-0.39, 0.29) is 11.9 Å². The number of rotatable bonds is 4.